The van der Waals surface area contributed by atoms with E-state index in [2.05, 4.69) is 17.4 Å². The lowest BCUT2D eigenvalue weighted by molar-refractivity contribution is -0.118. The van der Waals surface area contributed by atoms with Gasteiger partial charge in [0.2, 0.25) is 5.91 Å². The highest BCUT2D eigenvalue weighted by molar-refractivity contribution is 8.00. The fourth-order valence-electron chi connectivity index (χ4n) is 1.90. The topological polar surface area (TPSA) is 29.1 Å². The summed E-state index contributed by atoms with van der Waals surface area (Å²) in [7, 11) is 0. The van der Waals surface area contributed by atoms with Crippen LogP contribution in [0.1, 0.15) is 12.0 Å². The largest absolute Gasteiger partial charge is 0.355 e. The minimum Gasteiger partial charge on any atom is -0.355 e. The van der Waals surface area contributed by atoms with Crippen molar-refractivity contribution in [1.29, 1.82) is 0 Å². The molecular weight excluding hydrogens is 285 g/mol. The number of carbonyl (C=O) groups is 1. The smallest absolute Gasteiger partial charge is 0.230 e. The number of halogens is 1. The summed E-state index contributed by atoms with van der Waals surface area (Å²) in [6.45, 7) is 0.678. The number of carbonyl (C=O) groups excluding carboxylic acids is 1. The van der Waals surface area contributed by atoms with E-state index in [-0.39, 0.29) is 11.7 Å². The Morgan fingerprint density at radius 2 is 1.76 bits per heavy atom. The third-order valence-corrected chi connectivity index (χ3v) is 4.00. The molecule has 0 aliphatic carbocycles. The van der Waals surface area contributed by atoms with Gasteiger partial charge in [0, 0.05) is 11.4 Å². The van der Waals surface area contributed by atoms with Crippen molar-refractivity contribution in [2.75, 3.05) is 12.3 Å². The molecule has 110 valence electrons. The van der Waals surface area contributed by atoms with E-state index in [1.54, 1.807) is 12.1 Å². The minimum absolute atomic E-state index is 0.0115. The maximum absolute atomic E-state index is 12.7. The van der Waals surface area contributed by atoms with Crippen molar-refractivity contribution >= 4 is 17.7 Å². The molecule has 2 aromatic rings. The molecule has 2 aromatic carbocycles. The number of hydrogen-bond donors (Lipinski definition) is 1. The molecule has 0 aliphatic rings. The Labute approximate surface area is 128 Å². The van der Waals surface area contributed by atoms with Gasteiger partial charge in [-0.3, -0.25) is 4.79 Å². The number of rotatable bonds is 7. The van der Waals surface area contributed by atoms with Crippen molar-refractivity contribution in [3.8, 4) is 0 Å². The molecule has 1 N–H and O–H groups in total. The molecule has 0 heterocycles. The monoisotopic (exact) mass is 303 g/mol. The lowest BCUT2D eigenvalue weighted by Crippen LogP contribution is -2.26. The van der Waals surface area contributed by atoms with E-state index in [1.807, 2.05) is 18.2 Å². The SMILES string of the molecule is O=C(CSc1ccc(F)cc1)NCCCc1ccccc1. The van der Waals surface area contributed by atoms with Crippen LogP contribution < -0.4 is 5.32 Å². The second-order valence-corrected chi connectivity index (χ2v) is 5.73. The van der Waals surface area contributed by atoms with Crippen molar-refractivity contribution in [2.45, 2.75) is 17.7 Å². The lowest BCUT2D eigenvalue weighted by Gasteiger charge is -2.05. The first-order valence-corrected chi connectivity index (χ1v) is 7.91. The Morgan fingerprint density at radius 1 is 1.05 bits per heavy atom. The van der Waals surface area contributed by atoms with Gasteiger partial charge in [0.15, 0.2) is 0 Å². The van der Waals surface area contributed by atoms with Gasteiger partial charge in [-0.2, -0.15) is 0 Å². The molecule has 2 nitrogen and oxygen atoms in total. The third kappa shape index (κ3) is 6.00. The predicted molar refractivity (Wildman–Crippen MR) is 84.9 cm³/mol. The van der Waals surface area contributed by atoms with Gasteiger partial charge in [-0.05, 0) is 42.7 Å². The van der Waals surface area contributed by atoms with Crippen LogP contribution >= 0.6 is 11.8 Å². The maximum Gasteiger partial charge on any atom is 0.230 e. The second-order valence-electron chi connectivity index (χ2n) is 4.68. The highest BCUT2D eigenvalue weighted by Gasteiger charge is 2.02. The first-order valence-electron chi connectivity index (χ1n) is 6.93. The molecule has 0 unspecified atom stereocenters. The fourth-order valence-corrected chi connectivity index (χ4v) is 2.62. The predicted octanol–water partition coefficient (Wildman–Crippen LogP) is 3.67. The summed E-state index contributed by atoms with van der Waals surface area (Å²) < 4.78 is 12.7. The van der Waals surface area contributed by atoms with Crippen LogP contribution in [0.15, 0.2) is 59.5 Å². The van der Waals surface area contributed by atoms with Crippen LogP contribution in [0.25, 0.3) is 0 Å². The molecule has 0 fully saturated rings. The number of aryl methyl sites for hydroxylation is 1. The highest BCUT2D eigenvalue weighted by atomic mass is 32.2. The second kappa shape index (κ2) is 8.47. The van der Waals surface area contributed by atoms with E-state index in [0.29, 0.717) is 12.3 Å². The average molecular weight is 303 g/mol. The molecule has 4 heteroatoms. The summed E-state index contributed by atoms with van der Waals surface area (Å²) >= 11 is 1.41. The summed E-state index contributed by atoms with van der Waals surface area (Å²) in [6.07, 6.45) is 1.89. The van der Waals surface area contributed by atoms with Crippen LogP contribution in [-0.2, 0) is 11.2 Å². The molecule has 0 saturated heterocycles. The number of thioether (sulfide) groups is 1. The summed E-state index contributed by atoms with van der Waals surface area (Å²) in [4.78, 5) is 12.6. The molecule has 2 rings (SSSR count). The minimum atomic E-state index is -0.260. The van der Waals surface area contributed by atoms with E-state index < -0.39 is 0 Å². The maximum atomic E-state index is 12.7. The van der Waals surface area contributed by atoms with Gasteiger partial charge in [-0.25, -0.2) is 4.39 Å². The van der Waals surface area contributed by atoms with Crippen LogP contribution in [0, 0.1) is 5.82 Å². The normalized spacial score (nSPS) is 10.3. The Hall–Kier alpha value is -1.81. The summed E-state index contributed by atoms with van der Waals surface area (Å²) in [5.74, 6) is 0.110. The Bertz CT molecular complexity index is 557. The van der Waals surface area contributed by atoms with E-state index in [4.69, 9.17) is 0 Å². The number of hydrogen-bond acceptors (Lipinski definition) is 2. The number of amides is 1. The Kier molecular flexibility index (Phi) is 6.28. The van der Waals surface area contributed by atoms with Crippen LogP contribution in [0.3, 0.4) is 0 Å². The van der Waals surface area contributed by atoms with Crippen LogP contribution in [0.5, 0.6) is 0 Å². The van der Waals surface area contributed by atoms with Crippen molar-refractivity contribution in [3.63, 3.8) is 0 Å². The lowest BCUT2D eigenvalue weighted by atomic mass is 10.1. The van der Waals surface area contributed by atoms with E-state index in [1.165, 1.54) is 29.5 Å². The van der Waals surface area contributed by atoms with E-state index in [0.717, 1.165) is 17.7 Å². The third-order valence-electron chi connectivity index (χ3n) is 2.99. The van der Waals surface area contributed by atoms with Crippen molar-refractivity contribution in [1.82, 2.24) is 5.32 Å². The first-order chi connectivity index (χ1) is 10.2. The molecule has 0 bridgehead atoms. The van der Waals surface area contributed by atoms with Crippen LogP contribution in [-0.4, -0.2) is 18.2 Å². The quantitative estimate of drug-likeness (QED) is 0.624. The van der Waals surface area contributed by atoms with Gasteiger partial charge in [0.05, 0.1) is 5.75 Å². The Balaban J connectivity index is 1.60. The fraction of sp³-hybridized carbons (Fsp3) is 0.235. The van der Waals surface area contributed by atoms with E-state index in [9.17, 15) is 9.18 Å². The zero-order valence-electron chi connectivity index (χ0n) is 11.7. The standard InChI is InChI=1S/C17H18FNOS/c18-15-8-10-16(11-9-15)21-13-17(20)19-12-4-7-14-5-2-1-3-6-14/h1-3,5-6,8-11H,4,7,12-13H2,(H,19,20). The Morgan fingerprint density at radius 3 is 2.48 bits per heavy atom. The van der Waals surface area contributed by atoms with Crippen molar-refractivity contribution in [2.24, 2.45) is 0 Å². The van der Waals surface area contributed by atoms with E-state index >= 15 is 0 Å². The van der Waals surface area contributed by atoms with Gasteiger partial charge in [-0.1, -0.05) is 30.3 Å². The number of nitrogens with one attached hydrogen (secondary N) is 1. The van der Waals surface area contributed by atoms with Crippen LogP contribution in [0.2, 0.25) is 0 Å². The molecule has 0 aliphatic heterocycles. The van der Waals surface area contributed by atoms with Crippen molar-refractivity contribution in [3.05, 3.63) is 66.0 Å². The zero-order chi connectivity index (χ0) is 14.9. The average Bonchev–Trinajstić information content (AvgIpc) is 2.52. The summed E-state index contributed by atoms with van der Waals surface area (Å²) in [6, 6.07) is 16.4. The van der Waals surface area contributed by atoms with Gasteiger partial charge < -0.3 is 5.32 Å². The molecule has 21 heavy (non-hydrogen) atoms. The van der Waals surface area contributed by atoms with Crippen LogP contribution in [0.4, 0.5) is 4.39 Å². The molecule has 0 atom stereocenters. The highest BCUT2D eigenvalue weighted by Crippen LogP contribution is 2.17. The zero-order valence-corrected chi connectivity index (χ0v) is 12.5. The molecule has 0 saturated carbocycles. The first kappa shape index (κ1) is 15.6. The molecular formula is C17H18FNOS. The summed E-state index contributed by atoms with van der Waals surface area (Å²) in [5, 5.41) is 2.90. The number of benzene rings is 2. The van der Waals surface area contributed by atoms with Gasteiger partial charge in [0.1, 0.15) is 5.82 Å². The van der Waals surface area contributed by atoms with Gasteiger partial charge >= 0.3 is 0 Å². The molecule has 1 amide bonds. The van der Waals surface area contributed by atoms with Gasteiger partial charge in [0.25, 0.3) is 0 Å². The summed E-state index contributed by atoms with van der Waals surface area (Å²) in [5.41, 5.74) is 1.28. The molecule has 0 radical (unpaired) electrons. The van der Waals surface area contributed by atoms with Crippen molar-refractivity contribution < 1.29 is 9.18 Å². The molecule has 0 aromatic heterocycles. The molecule has 0 spiro atoms. The van der Waals surface area contributed by atoms with Gasteiger partial charge in [-0.15, -0.1) is 11.8 Å².